The first-order valence-electron chi connectivity index (χ1n) is 13.5. The molecule has 9 nitrogen and oxygen atoms in total. The van der Waals surface area contributed by atoms with Gasteiger partial charge in [0.2, 0.25) is 11.8 Å². The molecule has 2 aromatic rings. The Morgan fingerprint density at radius 3 is 2.69 bits per heavy atom. The van der Waals surface area contributed by atoms with Gasteiger partial charge in [-0.05, 0) is 43.5 Å². The molecule has 0 unspecified atom stereocenters. The van der Waals surface area contributed by atoms with Gasteiger partial charge in [-0.3, -0.25) is 19.4 Å². The number of amidine groups is 2. The van der Waals surface area contributed by atoms with Crippen LogP contribution in [0.25, 0.3) is 0 Å². The van der Waals surface area contributed by atoms with Gasteiger partial charge in [0.15, 0.2) is 5.17 Å². The van der Waals surface area contributed by atoms with Gasteiger partial charge in [-0.25, -0.2) is 9.89 Å². The highest BCUT2D eigenvalue weighted by Gasteiger charge is 2.43. The Labute approximate surface area is 232 Å². The number of hydrogen-bond acceptors (Lipinski definition) is 7. The zero-order chi connectivity index (χ0) is 27.4. The molecule has 2 aromatic carbocycles. The summed E-state index contributed by atoms with van der Waals surface area (Å²) in [4.78, 5) is 50.6. The van der Waals surface area contributed by atoms with Crippen molar-refractivity contribution < 1.29 is 19.1 Å². The van der Waals surface area contributed by atoms with E-state index in [1.807, 2.05) is 37.3 Å². The molecule has 3 aliphatic rings. The van der Waals surface area contributed by atoms with Gasteiger partial charge in [0, 0.05) is 23.4 Å². The molecule has 0 saturated heterocycles. The molecule has 3 amide bonds. The summed E-state index contributed by atoms with van der Waals surface area (Å²) in [6, 6.07) is 14.0. The zero-order valence-corrected chi connectivity index (χ0v) is 23.0. The maximum Gasteiger partial charge on any atom is 0.259 e. The first-order valence-corrected chi connectivity index (χ1v) is 14.4. The van der Waals surface area contributed by atoms with Crippen LogP contribution >= 0.6 is 11.8 Å². The number of para-hydroxylation sites is 1. The molecule has 1 fully saturated rings. The number of amides is 3. The van der Waals surface area contributed by atoms with E-state index in [1.54, 1.807) is 25.3 Å². The predicted octanol–water partition coefficient (Wildman–Crippen LogP) is 4.64. The second-order valence-electron chi connectivity index (χ2n) is 9.90. The summed E-state index contributed by atoms with van der Waals surface area (Å²) in [5.41, 5.74) is 2.04. The molecule has 0 bridgehead atoms. The molecular formula is C29H33N5O4S. The fraction of sp³-hybridized carbons (Fsp3) is 0.414. The highest BCUT2D eigenvalue weighted by molar-refractivity contribution is 8.15. The minimum Gasteiger partial charge on any atom is -0.497 e. The van der Waals surface area contributed by atoms with Gasteiger partial charge in [-0.15, -0.1) is 0 Å². The zero-order valence-electron chi connectivity index (χ0n) is 22.2. The first-order chi connectivity index (χ1) is 19.0. The number of ether oxygens (including phenoxy) is 1. The van der Waals surface area contributed by atoms with Gasteiger partial charge in [-0.1, -0.05) is 56.1 Å². The predicted molar refractivity (Wildman–Crippen MR) is 154 cm³/mol. The number of hydrogen-bond donors (Lipinski definition) is 2. The number of nitrogens with zero attached hydrogens (tertiary/aromatic N) is 3. The molecule has 0 spiro atoms. The van der Waals surface area contributed by atoms with E-state index in [4.69, 9.17) is 14.7 Å². The van der Waals surface area contributed by atoms with E-state index in [2.05, 4.69) is 10.6 Å². The van der Waals surface area contributed by atoms with Crippen molar-refractivity contribution in [2.45, 2.75) is 69.2 Å². The summed E-state index contributed by atoms with van der Waals surface area (Å²) in [5, 5.41) is 5.91. The van der Waals surface area contributed by atoms with Gasteiger partial charge in [0.25, 0.3) is 5.91 Å². The summed E-state index contributed by atoms with van der Waals surface area (Å²) in [5.74, 6) is 0.460. The lowest BCUT2D eigenvalue weighted by Gasteiger charge is -2.27. The minimum absolute atomic E-state index is 0.0109. The van der Waals surface area contributed by atoms with Crippen LogP contribution in [0.2, 0.25) is 0 Å². The number of nitrogens with one attached hydrogen (secondary N) is 2. The van der Waals surface area contributed by atoms with E-state index in [0.717, 1.165) is 31.2 Å². The molecule has 2 aliphatic heterocycles. The molecular weight excluding hydrogens is 514 g/mol. The summed E-state index contributed by atoms with van der Waals surface area (Å²) in [6.07, 6.45) is 5.88. The van der Waals surface area contributed by atoms with Crippen LogP contribution in [-0.4, -0.2) is 58.1 Å². The first kappa shape index (κ1) is 26.9. The number of fused-ring (bicyclic) bond motifs is 3. The highest BCUT2D eigenvalue weighted by atomic mass is 32.2. The van der Waals surface area contributed by atoms with E-state index in [1.165, 1.54) is 23.1 Å². The van der Waals surface area contributed by atoms with Crippen molar-refractivity contribution in [2.75, 3.05) is 12.4 Å². The van der Waals surface area contributed by atoms with E-state index in [0.29, 0.717) is 34.5 Å². The monoisotopic (exact) mass is 547 g/mol. The third kappa shape index (κ3) is 6.00. The second-order valence-corrected chi connectivity index (χ2v) is 11.1. The largest absolute Gasteiger partial charge is 0.497 e. The fourth-order valence-corrected chi connectivity index (χ4v) is 6.12. The van der Waals surface area contributed by atoms with Crippen LogP contribution in [0.4, 0.5) is 11.4 Å². The molecule has 0 radical (unpaired) electrons. The van der Waals surface area contributed by atoms with E-state index >= 15 is 0 Å². The molecule has 10 heteroatoms. The summed E-state index contributed by atoms with van der Waals surface area (Å²) in [6.45, 7) is 1.92. The topological polar surface area (TPSA) is 112 Å². The minimum atomic E-state index is -0.828. The van der Waals surface area contributed by atoms with Crippen molar-refractivity contribution >= 4 is 51.9 Å². The lowest BCUT2D eigenvalue weighted by Crippen LogP contribution is -2.44. The van der Waals surface area contributed by atoms with Crippen molar-refractivity contribution in [3.63, 3.8) is 0 Å². The van der Waals surface area contributed by atoms with Crippen molar-refractivity contribution in [1.29, 1.82) is 0 Å². The molecule has 5 rings (SSSR count). The Bertz CT molecular complexity index is 1320. The fourth-order valence-electron chi connectivity index (χ4n) is 5.10. The SMILES string of the molecule is CC[C@@H](SC1=Nc2ccccc2C2=N[C@H](CC(=O)NC3CCCCC3)C(=O)N12)C(=O)Nc1cccc(OC)c1. The van der Waals surface area contributed by atoms with Gasteiger partial charge < -0.3 is 15.4 Å². The molecule has 1 saturated carbocycles. The normalized spacial score (nSPS) is 19.4. The maximum absolute atomic E-state index is 13.6. The van der Waals surface area contributed by atoms with Crippen LogP contribution in [0.15, 0.2) is 58.5 Å². The Balaban J connectivity index is 1.34. The van der Waals surface area contributed by atoms with Crippen molar-refractivity contribution in [2.24, 2.45) is 9.98 Å². The molecule has 2 N–H and O–H groups in total. The Morgan fingerprint density at radius 1 is 1.13 bits per heavy atom. The Morgan fingerprint density at radius 2 is 1.92 bits per heavy atom. The van der Waals surface area contributed by atoms with Crippen molar-refractivity contribution in [3.8, 4) is 5.75 Å². The molecule has 39 heavy (non-hydrogen) atoms. The summed E-state index contributed by atoms with van der Waals surface area (Å²) < 4.78 is 5.26. The van der Waals surface area contributed by atoms with Crippen LogP contribution in [0.3, 0.4) is 0 Å². The third-order valence-corrected chi connectivity index (χ3v) is 8.46. The highest BCUT2D eigenvalue weighted by Crippen LogP contribution is 2.36. The molecule has 0 aromatic heterocycles. The number of anilines is 1. The number of rotatable bonds is 8. The van der Waals surface area contributed by atoms with Gasteiger partial charge in [-0.2, -0.15) is 0 Å². The Kier molecular flexibility index (Phi) is 8.30. The molecule has 1 aliphatic carbocycles. The van der Waals surface area contributed by atoms with E-state index in [9.17, 15) is 14.4 Å². The lowest BCUT2D eigenvalue weighted by molar-refractivity contribution is -0.129. The second kappa shape index (κ2) is 12.0. The van der Waals surface area contributed by atoms with Crippen LogP contribution in [0.1, 0.15) is 57.4 Å². The number of carbonyl (C=O) groups excluding carboxylic acids is 3. The number of methoxy groups -OCH3 is 1. The quantitative estimate of drug-likeness (QED) is 0.500. The van der Waals surface area contributed by atoms with E-state index < -0.39 is 11.3 Å². The maximum atomic E-state index is 13.6. The average molecular weight is 548 g/mol. The number of benzene rings is 2. The number of thioether (sulfide) groups is 1. The summed E-state index contributed by atoms with van der Waals surface area (Å²) in [7, 11) is 1.57. The van der Waals surface area contributed by atoms with Gasteiger partial charge >= 0.3 is 0 Å². The molecule has 204 valence electrons. The van der Waals surface area contributed by atoms with Gasteiger partial charge in [0.05, 0.1) is 24.5 Å². The van der Waals surface area contributed by atoms with Crippen LogP contribution in [-0.2, 0) is 14.4 Å². The number of aliphatic imine (C=N–C) groups is 2. The third-order valence-electron chi connectivity index (χ3n) is 7.14. The molecule has 2 heterocycles. The van der Waals surface area contributed by atoms with Crippen LogP contribution < -0.4 is 15.4 Å². The van der Waals surface area contributed by atoms with Crippen LogP contribution in [0, 0.1) is 0 Å². The standard InChI is InChI=1S/C29H33N5O4S/c1-3-24(27(36)31-19-12-9-13-20(16-19)38-2)39-29-33-22-15-8-7-14-21(22)26-32-23(28(37)34(26)29)17-25(35)30-18-10-5-4-6-11-18/h7-9,12-16,18,23-24H,3-6,10-11,17H2,1-2H3,(H,30,35)(H,31,36)/t23-,24-/m1/s1. The van der Waals surface area contributed by atoms with Gasteiger partial charge in [0.1, 0.15) is 17.6 Å². The smallest absolute Gasteiger partial charge is 0.259 e. The Hall–Kier alpha value is -3.66. The van der Waals surface area contributed by atoms with Crippen molar-refractivity contribution in [1.82, 2.24) is 10.2 Å². The number of carbonyl (C=O) groups is 3. The molecule has 2 atom stereocenters. The van der Waals surface area contributed by atoms with Crippen molar-refractivity contribution in [3.05, 3.63) is 54.1 Å². The van der Waals surface area contributed by atoms with Crippen LogP contribution in [0.5, 0.6) is 5.75 Å². The van der Waals surface area contributed by atoms with E-state index in [-0.39, 0.29) is 30.2 Å². The summed E-state index contributed by atoms with van der Waals surface area (Å²) >= 11 is 1.23. The lowest BCUT2D eigenvalue weighted by atomic mass is 9.95. The average Bonchev–Trinajstić information content (AvgIpc) is 3.28.